The molecule has 0 aliphatic carbocycles. The van der Waals surface area contributed by atoms with Gasteiger partial charge in [0.05, 0.1) is 16.9 Å². The van der Waals surface area contributed by atoms with Crippen molar-refractivity contribution in [1.82, 2.24) is 0 Å². The lowest BCUT2D eigenvalue weighted by molar-refractivity contribution is -0.121. The minimum Gasteiger partial charge on any atom is -0.507 e. The summed E-state index contributed by atoms with van der Waals surface area (Å²) in [5.41, 5.74) is 6.65. The summed E-state index contributed by atoms with van der Waals surface area (Å²) in [6.45, 7) is 0. The van der Waals surface area contributed by atoms with Crippen LogP contribution >= 0.6 is 35.0 Å². The zero-order valence-electron chi connectivity index (χ0n) is 16.4. The van der Waals surface area contributed by atoms with Crippen LogP contribution in [0.15, 0.2) is 64.8 Å². The molecule has 1 fully saturated rings. The number of halogens is 2. The molecule has 0 aromatic heterocycles. The summed E-state index contributed by atoms with van der Waals surface area (Å²) >= 11 is 13.1. The van der Waals surface area contributed by atoms with Gasteiger partial charge in [0.25, 0.3) is 0 Å². The maximum absolute atomic E-state index is 12.8. The number of thioether (sulfide) groups is 1. The van der Waals surface area contributed by atoms with Gasteiger partial charge in [-0.3, -0.25) is 9.59 Å². The number of amides is 2. The van der Waals surface area contributed by atoms with E-state index in [9.17, 15) is 14.7 Å². The van der Waals surface area contributed by atoms with Crippen LogP contribution in [0.5, 0.6) is 5.75 Å². The molecule has 3 N–H and O–H groups in total. The van der Waals surface area contributed by atoms with Crippen molar-refractivity contribution in [1.29, 1.82) is 0 Å². The fraction of sp³-hybridized carbons (Fsp3) is 0.0909. The molecule has 2 amide bonds. The predicted octanol–water partition coefficient (Wildman–Crippen LogP) is 4.57. The average Bonchev–Trinajstić information content (AvgIpc) is 3.04. The van der Waals surface area contributed by atoms with Gasteiger partial charge in [0, 0.05) is 17.0 Å². The van der Waals surface area contributed by atoms with E-state index in [-0.39, 0.29) is 28.0 Å². The highest BCUT2D eigenvalue weighted by Gasteiger charge is 2.41. The van der Waals surface area contributed by atoms with Crippen molar-refractivity contribution in [2.45, 2.75) is 11.7 Å². The number of carbonyl (C=O) groups excluding carboxylic acids is 2. The van der Waals surface area contributed by atoms with E-state index in [4.69, 9.17) is 28.9 Å². The Morgan fingerprint density at radius 1 is 1.16 bits per heavy atom. The highest BCUT2D eigenvalue weighted by Crippen LogP contribution is 2.35. The Kier molecular flexibility index (Phi) is 6.36. The largest absolute Gasteiger partial charge is 0.507 e. The standard InChI is InChI=1S/C22H16Cl2N4O3S/c23-13-6-7-16(24)17(9-13)28-20(30)10-19(21(28)31)32-22(25)27-26-11-15-14-4-2-1-3-12(14)5-8-18(15)29/h1-9,11,19,29H,10H2,(H2,25,27)/b26-11+/t19-/m0/s1. The van der Waals surface area contributed by atoms with E-state index in [1.54, 1.807) is 18.2 Å². The van der Waals surface area contributed by atoms with E-state index in [1.165, 1.54) is 18.3 Å². The molecule has 32 heavy (non-hydrogen) atoms. The van der Waals surface area contributed by atoms with E-state index < -0.39 is 17.1 Å². The van der Waals surface area contributed by atoms with Gasteiger partial charge in [-0.15, -0.1) is 5.10 Å². The predicted molar refractivity (Wildman–Crippen MR) is 130 cm³/mol. The number of imide groups is 1. The van der Waals surface area contributed by atoms with E-state index in [2.05, 4.69) is 10.2 Å². The number of hydrogen-bond acceptors (Lipinski definition) is 6. The van der Waals surface area contributed by atoms with Gasteiger partial charge in [0.15, 0.2) is 5.17 Å². The minimum absolute atomic E-state index is 0.00571. The molecule has 0 unspecified atom stereocenters. The second kappa shape index (κ2) is 9.20. The second-order valence-corrected chi connectivity index (χ2v) is 8.94. The number of anilines is 1. The lowest BCUT2D eigenvalue weighted by atomic mass is 10.0. The molecule has 4 rings (SSSR count). The molecule has 1 aliphatic heterocycles. The third-order valence-electron chi connectivity index (χ3n) is 4.81. The molecule has 1 saturated heterocycles. The van der Waals surface area contributed by atoms with Crippen LogP contribution in [0.2, 0.25) is 10.0 Å². The summed E-state index contributed by atoms with van der Waals surface area (Å²) in [7, 11) is 0. The van der Waals surface area contributed by atoms with Gasteiger partial charge in [0.1, 0.15) is 11.0 Å². The van der Waals surface area contributed by atoms with Crippen molar-refractivity contribution in [3.63, 3.8) is 0 Å². The summed E-state index contributed by atoms with van der Waals surface area (Å²) in [4.78, 5) is 26.3. The maximum atomic E-state index is 12.8. The number of nitrogens with zero attached hydrogens (tertiary/aromatic N) is 3. The van der Waals surface area contributed by atoms with Gasteiger partial charge >= 0.3 is 0 Å². The number of nitrogens with two attached hydrogens (primary N) is 1. The molecule has 1 heterocycles. The first-order valence-corrected chi connectivity index (χ1v) is 11.0. The van der Waals surface area contributed by atoms with E-state index >= 15 is 0 Å². The van der Waals surface area contributed by atoms with Gasteiger partial charge < -0.3 is 10.8 Å². The molecular formula is C22H16Cl2N4O3S. The Bertz CT molecular complexity index is 1300. The van der Waals surface area contributed by atoms with Crippen LogP contribution < -0.4 is 10.6 Å². The summed E-state index contributed by atoms with van der Waals surface area (Å²) in [5, 5.41) is 19.6. The number of rotatable bonds is 4. The average molecular weight is 487 g/mol. The van der Waals surface area contributed by atoms with Crippen LogP contribution in [0, 0.1) is 0 Å². The minimum atomic E-state index is -0.762. The molecule has 3 aromatic carbocycles. The van der Waals surface area contributed by atoms with E-state index in [0.29, 0.717) is 10.6 Å². The normalized spacial score (nSPS) is 17.1. The van der Waals surface area contributed by atoms with Crippen molar-refractivity contribution in [2.75, 3.05) is 4.90 Å². The van der Waals surface area contributed by atoms with Crippen LogP contribution in [0.4, 0.5) is 5.69 Å². The van der Waals surface area contributed by atoms with Gasteiger partial charge in [-0.1, -0.05) is 65.3 Å². The molecule has 1 aliphatic rings. The van der Waals surface area contributed by atoms with Crippen LogP contribution in [-0.4, -0.2) is 33.6 Å². The second-order valence-electron chi connectivity index (χ2n) is 6.88. The van der Waals surface area contributed by atoms with Crippen LogP contribution in [0.3, 0.4) is 0 Å². The molecular weight excluding hydrogens is 471 g/mol. The Balaban J connectivity index is 1.51. The van der Waals surface area contributed by atoms with Crippen molar-refractivity contribution in [2.24, 2.45) is 15.9 Å². The van der Waals surface area contributed by atoms with Crippen molar-refractivity contribution < 1.29 is 14.7 Å². The van der Waals surface area contributed by atoms with Crippen molar-refractivity contribution >= 4 is 74.6 Å². The first-order chi connectivity index (χ1) is 15.3. The Hall–Kier alpha value is -3.07. The number of carbonyl (C=O) groups is 2. The highest BCUT2D eigenvalue weighted by molar-refractivity contribution is 8.14. The molecule has 1 atom stereocenters. The third-order valence-corrected chi connectivity index (χ3v) is 6.34. The van der Waals surface area contributed by atoms with Gasteiger partial charge in [0.2, 0.25) is 11.8 Å². The highest BCUT2D eigenvalue weighted by atomic mass is 35.5. The molecule has 162 valence electrons. The number of phenols is 1. The van der Waals surface area contributed by atoms with Crippen molar-refractivity contribution in [3.05, 3.63) is 70.2 Å². The van der Waals surface area contributed by atoms with Crippen molar-refractivity contribution in [3.8, 4) is 5.75 Å². The Labute approximate surface area is 197 Å². The first kappa shape index (κ1) is 22.1. The monoisotopic (exact) mass is 486 g/mol. The lowest BCUT2D eigenvalue weighted by Crippen LogP contribution is -2.32. The zero-order chi connectivity index (χ0) is 22.8. The summed E-state index contributed by atoms with van der Waals surface area (Å²) in [6.07, 6.45) is 1.33. The lowest BCUT2D eigenvalue weighted by Gasteiger charge is -2.16. The number of aromatic hydroxyl groups is 1. The molecule has 3 aromatic rings. The first-order valence-electron chi connectivity index (χ1n) is 9.41. The molecule has 0 bridgehead atoms. The fourth-order valence-electron chi connectivity index (χ4n) is 3.34. The third kappa shape index (κ3) is 4.43. The number of hydrogen-bond donors (Lipinski definition) is 2. The Morgan fingerprint density at radius 2 is 1.94 bits per heavy atom. The SMILES string of the molecule is NC(=N/N=C/c1c(O)ccc2ccccc12)S[C@H]1CC(=O)N(c2cc(Cl)ccc2Cl)C1=O. The quantitative estimate of drug-likeness (QED) is 0.243. The molecule has 0 radical (unpaired) electrons. The van der Waals surface area contributed by atoms with Crippen LogP contribution in [0.25, 0.3) is 10.8 Å². The van der Waals surface area contributed by atoms with Gasteiger partial charge in [-0.25, -0.2) is 4.90 Å². The summed E-state index contributed by atoms with van der Waals surface area (Å²) < 4.78 is 0. The van der Waals surface area contributed by atoms with Crippen LogP contribution in [0.1, 0.15) is 12.0 Å². The molecule has 0 saturated carbocycles. The van der Waals surface area contributed by atoms with E-state index in [1.807, 2.05) is 24.3 Å². The summed E-state index contributed by atoms with van der Waals surface area (Å²) in [6, 6.07) is 15.5. The molecule has 7 nitrogen and oxygen atoms in total. The number of fused-ring (bicyclic) bond motifs is 1. The molecule has 10 heteroatoms. The summed E-state index contributed by atoms with van der Waals surface area (Å²) in [5.74, 6) is -0.814. The van der Waals surface area contributed by atoms with Gasteiger partial charge in [-0.2, -0.15) is 5.10 Å². The Morgan fingerprint density at radius 3 is 2.75 bits per heavy atom. The topological polar surface area (TPSA) is 108 Å². The fourth-order valence-corrected chi connectivity index (χ4v) is 4.53. The van der Waals surface area contributed by atoms with E-state index in [0.717, 1.165) is 27.4 Å². The van der Waals surface area contributed by atoms with Gasteiger partial charge in [-0.05, 0) is 35.0 Å². The number of amidine groups is 1. The smallest absolute Gasteiger partial charge is 0.247 e. The zero-order valence-corrected chi connectivity index (χ0v) is 18.7. The van der Waals surface area contributed by atoms with Crippen LogP contribution in [-0.2, 0) is 9.59 Å². The molecule has 0 spiro atoms. The number of benzene rings is 3. The maximum Gasteiger partial charge on any atom is 0.247 e. The number of phenolic OH excluding ortho intramolecular Hbond substituents is 1.